The lowest BCUT2D eigenvalue weighted by molar-refractivity contribution is -0.115. The van der Waals surface area contributed by atoms with Crippen molar-refractivity contribution >= 4 is 11.7 Å². The maximum Gasteiger partial charge on any atom is 0.248 e. The molecule has 0 aliphatic carbocycles. The first-order valence-corrected chi connectivity index (χ1v) is 7.78. The first-order chi connectivity index (χ1) is 11.3. The summed E-state index contributed by atoms with van der Waals surface area (Å²) < 4.78 is 0. The minimum Gasteiger partial charge on any atom is -0.324 e. The zero-order valence-corrected chi connectivity index (χ0v) is 13.0. The SMILES string of the molecule is CNCc1cccc(C2=NC=C3C=CC(=O)NC4=C3N2CC4)c1. The number of carbonyl (C=O) groups excluding carboxylic acids is 1. The summed E-state index contributed by atoms with van der Waals surface area (Å²) in [5, 5.41) is 6.15. The van der Waals surface area contributed by atoms with Crippen LogP contribution in [0.4, 0.5) is 0 Å². The predicted octanol–water partition coefficient (Wildman–Crippen LogP) is 1.65. The Bertz CT molecular complexity index is 801. The lowest BCUT2D eigenvalue weighted by Crippen LogP contribution is -2.31. The van der Waals surface area contributed by atoms with E-state index in [1.165, 1.54) is 5.56 Å². The van der Waals surface area contributed by atoms with Gasteiger partial charge in [-0.15, -0.1) is 0 Å². The summed E-state index contributed by atoms with van der Waals surface area (Å²) in [7, 11) is 1.94. The highest BCUT2D eigenvalue weighted by atomic mass is 16.1. The summed E-state index contributed by atoms with van der Waals surface area (Å²) in [6.45, 7) is 1.67. The quantitative estimate of drug-likeness (QED) is 0.893. The van der Waals surface area contributed by atoms with E-state index in [2.05, 4.69) is 44.8 Å². The Labute approximate surface area is 135 Å². The average Bonchev–Trinajstić information content (AvgIpc) is 2.89. The Hall–Kier alpha value is -2.66. The Balaban J connectivity index is 1.77. The molecule has 3 aliphatic heterocycles. The van der Waals surface area contributed by atoms with Crippen molar-refractivity contribution in [3.63, 3.8) is 0 Å². The fraction of sp³-hybridized carbons (Fsp3) is 0.222. The van der Waals surface area contributed by atoms with E-state index >= 15 is 0 Å². The number of allylic oxidation sites excluding steroid dienone is 1. The summed E-state index contributed by atoms with van der Waals surface area (Å²) in [5.41, 5.74) is 5.39. The molecule has 23 heavy (non-hydrogen) atoms. The molecule has 3 aliphatic rings. The van der Waals surface area contributed by atoms with Crippen LogP contribution in [-0.4, -0.2) is 30.2 Å². The molecule has 0 atom stereocenters. The van der Waals surface area contributed by atoms with Crippen molar-refractivity contribution in [3.8, 4) is 0 Å². The van der Waals surface area contributed by atoms with Gasteiger partial charge in [-0.05, 0) is 24.8 Å². The first kappa shape index (κ1) is 14.0. The highest BCUT2D eigenvalue weighted by Gasteiger charge is 2.32. The smallest absolute Gasteiger partial charge is 0.248 e. The molecule has 3 heterocycles. The summed E-state index contributed by atoms with van der Waals surface area (Å²) in [6, 6.07) is 8.41. The number of hydrogen-bond donors (Lipinski definition) is 2. The van der Waals surface area contributed by atoms with E-state index < -0.39 is 0 Å². The second-order valence-corrected chi connectivity index (χ2v) is 5.82. The number of carbonyl (C=O) groups is 1. The summed E-state index contributed by atoms with van der Waals surface area (Å²) in [5.74, 6) is 0.878. The van der Waals surface area contributed by atoms with Gasteiger partial charge in [0.25, 0.3) is 0 Å². The largest absolute Gasteiger partial charge is 0.324 e. The van der Waals surface area contributed by atoms with E-state index in [0.29, 0.717) is 0 Å². The monoisotopic (exact) mass is 306 g/mol. The Kier molecular flexibility index (Phi) is 3.35. The van der Waals surface area contributed by atoms with Crippen LogP contribution in [0.5, 0.6) is 0 Å². The molecule has 0 fully saturated rings. The number of amidine groups is 1. The van der Waals surface area contributed by atoms with Gasteiger partial charge in [0, 0.05) is 48.6 Å². The van der Waals surface area contributed by atoms with Gasteiger partial charge < -0.3 is 15.5 Å². The van der Waals surface area contributed by atoms with E-state index in [1.54, 1.807) is 6.08 Å². The number of rotatable bonds is 3. The van der Waals surface area contributed by atoms with Crippen molar-refractivity contribution in [2.24, 2.45) is 4.99 Å². The molecule has 116 valence electrons. The molecule has 0 unspecified atom stereocenters. The molecule has 4 rings (SSSR count). The predicted molar refractivity (Wildman–Crippen MR) is 89.5 cm³/mol. The fourth-order valence-corrected chi connectivity index (χ4v) is 3.27. The second-order valence-electron chi connectivity index (χ2n) is 5.82. The topological polar surface area (TPSA) is 56.7 Å². The number of hydrogen-bond acceptors (Lipinski definition) is 4. The Morgan fingerprint density at radius 3 is 3.13 bits per heavy atom. The summed E-state index contributed by atoms with van der Waals surface area (Å²) >= 11 is 0. The van der Waals surface area contributed by atoms with Crippen LogP contribution in [0.15, 0.2) is 64.6 Å². The number of aliphatic imine (C=N–C) groups is 1. The van der Waals surface area contributed by atoms with Crippen LogP contribution in [0.2, 0.25) is 0 Å². The van der Waals surface area contributed by atoms with Gasteiger partial charge in [-0.3, -0.25) is 4.79 Å². The highest BCUT2D eigenvalue weighted by molar-refractivity contribution is 6.03. The fourth-order valence-electron chi connectivity index (χ4n) is 3.27. The molecular weight excluding hydrogens is 288 g/mol. The van der Waals surface area contributed by atoms with E-state index in [-0.39, 0.29) is 5.91 Å². The minimum absolute atomic E-state index is 0.0674. The molecule has 0 bridgehead atoms. The number of amides is 1. The van der Waals surface area contributed by atoms with Crippen LogP contribution in [0.3, 0.4) is 0 Å². The van der Waals surface area contributed by atoms with Crippen molar-refractivity contribution in [1.82, 2.24) is 15.5 Å². The van der Waals surface area contributed by atoms with Gasteiger partial charge in [0.05, 0.1) is 5.70 Å². The summed E-state index contributed by atoms with van der Waals surface area (Å²) in [4.78, 5) is 18.6. The Morgan fingerprint density at radius 1 is 1.35 bits per heavy atom. The van der Waals surface area contributed by atoms with Gasteiger partial charge in [-0.25, -0.2) is 4.99 Å². The molecule has 0 saturated heterocycles. The molecule has 0 spiro atoms. The zero-order valence-electron chi connectivity index (χ0n) is 13.0. The van der Waals surface area contributed by atoms with Crippen molar-refractivity contribution < 1.29 is 4.79 Å². The lowest BCUT2D eigenvalue weighted by atomic mass is 10.1. The van der Waals surface area contributed by atoms with Crippen LogP contribution >= 0.6 is 0 Å². The average molecular weight is 306 g/mol. The maximum atomic E-state index is 11.8. The van der Waals surface area contributed by atoms with Crippen molar-refractivity contribution in [2.45, 2.75) is 13.0 Å². The van der Waals surface area contributed by atoms with E-state index in [9.17, 15) is 4.79 Å². The zero-order chi connectivity index (χ0) is 15.8. The number of benzene rings is 1. The maximum absolute atomic E-state index is 11.8. The van der Waals surface area contributed by atoms with E-state index in [0.717, 1.165) is 47.9 Å². The molecule has 5 nitrogen and oxygen atoms in total. The highest BCUT2D eigenvalue weighted by Crippen LogP contribution is 2.34. The van der Waals surface area contributed by atoms with Gasteiger partial charge in [0.15, 0.2) is 0 Å². The third kappa shape index (κ3) is 2.39. The van der Waals surface area contributed by atoms with Gasteiger partial charge in [0.1, 0.15) is 5.84 Å². The van der Waals surface area contributed by atoms with Crippen LogP contribution in [0, 0.1) is 0 Å². The summed E-state index contributed by atoms with van der Waals surface area (Å²) in [6.07, 6.45) is 6.09. The van der Waals surface area contributed by atoms with Gasteiger partial charge in [-0.2, -0.15) is 0 Å². The van der Waals surface area contributed by atoms with Crippen molar-refractivity contribution in [1.29, 1.82) is 0 Å². The van der Waals surface area contributed by atoms with Gasteiger partial charge in [0.2, 0.25) is 5.91 Å². The molecule has 0 aromatic heterocycles. The second kappa shape index (κ2) is 5.52. The molecule has 1 aromatic carbocycles. The standard InChI is InChI=1S/C18H18N4O/c1-19-10-12-3-2-4-13(9-12)18-20-11-14-5-6-16(23)21-15-7-8-22(18)17(14)15/h2-6,9,11,19H,7-8,10H2,1H3,(H,21,23). The third-order valence-corrected chi connectivity index (χ3v) is 4.25. The molecule has 1 amide bonds. The first-order valence-electron chi connectivity index (χ1n) is 7.78. The van der Waals surface area contributed by atoms with E-state index in [1.807, 2.05) is 19.3 Å². The molecule has 2 N–H and O–H groups in total. The minimum atomic E-state index is -0.0674. The van der Waals surface area contributed by atoms with Crippen molar-refractivity contribution in [2.75, 3.05) is 13.6 Å². The van der Waals surface area contributed by atoms with Crippen LogP contribution in [0.25, 0.3) is 0 Å². The molecule has 1 aromatic rings. The van der Waals surface area contributed by atoms with Crippen molar-refractivity contribution in [3.05, 3.63) is 70.7 Å². The van der Waals surface area contributed by atoms with Gasteiger partial charge in [-0.1, -0.05) is 18.2 Å². The molecule has 0 saturated carbocycles. The van der Waals surface area contributed by atoms with Gasteiger partial charge >= 0.3 is 0 Å². The normalized spacial score (nSPS) is 19.2. The van der Waals surface area contributed by atoms with Crippen LogP contribution in [0.1, 0.15) is 17.5 Å². The van der Waals surface area contributed by atoms with E-state index in [4.69, 9.17) is 0 Å². The Morgan fingerprint density at radius 2 is 2.26 bits per heavy atom. The molecule has 5 heteroatoms. The van der Waals surface area contributed by atoms with Crippen LogP contribution < -0.4 is 10.6 Å². The molecule has 0 radical (unpaired) electrons. The number of nitrogens with one attached hydrogen (secondary N) is 2. The molecular formula is C18H18N4O. The van der Waals surface area contributed by atoms with Crippen LogP contribution in [-0.2, 0) is 11.3 Å². The number of nitrogens with zero attached hydrogens (tertiary/aromatic N) is 2. The third-order valence-electron chi connectivity index (χ3n) is 4.25. The lowest BCUT2D eigenvalue weighted by Gasteiger charge is -2.27.